The quantitative estimate of drug-likeness (QED) is 0.240. The fraction of sp³-hybridized carbons (Fsp3) is 0.233. The molecule has 40 heavy (non-hydrogen) atoms. The second-order valence-electron chi connectivity index (χ2n) is 9.27. The zero-order valence-electron chi connectivity index (χ0n) is 22.2. The molecule has 1 saturated heterocycles. The molecule has 0 unspecified atom stereocenters. The van der Waals surface area contributed by atoms with Crippen LogP contribution in [0, 0.1) is 0 Å². The summed E-state index contributed by atoms with van der Waals surface area (Å²) in [6.07, 6.45) is 1.55. The van der Waals surface area contributed by atoms with Gasteiger partial charge in [-0.05, 0) is 83.8 Å². The highest BCUT2D eigenvalue weighted by molar-refractivity contribution is 8.18. The largest absolute Gasteiger partial charge is 0.490 e. The molecule has 4 rings (SSSR count). The zero-order valence-corrected chi connectivity index (χ0v) is 24.5. The zero-order chi connectivity index (χ0) is 28.8. The maximum atomic E-state index is 13.0. The Labute approximate surface area is 247 Å². The fourth-order valence-electron chi connectivity index (χ4n) is 3.89. The van der Waals surface area contributed by atoms with Gasteiger partial charge in [0.2, 0.25) is 5.91 Å². The number of halogens is 2. The van der Waals surface area contributed by atoms with Gasteiger partial charge in [-0.15, -0.1) is 0 Å². The first-order chi connectivity index (χ1) is 19.1. The van der Waals surface area contributed by atoms with Crippen LogP contribution in [0.5, 0.6) is 11.5 Å². The van der Waals surface area contributed by atoms with Crippen LogP contribution in [-0.2, 0) is 16.2 Å². The molecule has 0 radical (unpaired) electrons. The van der Waals surface area contributed by atoms with Crippen molar-refractivity contribution < 1.29 is 23.9 Å². The van der Waals surface area contributed by atoms with Crippen molar-refractivity contribution >= 4 is 63.8 Å². The number of rotatable bonds is 10. The summed E-state index contributed by atoms with van der Waals surface area (Å²) in [6, 6.07) is 18.0. The van der Waals surface area contributed by atoms with Crippen molar-refractivity contribution in [3.63, 3.8) is 0 Å². The van der Waals surface area contributed by atoms with Crippen LogP contribution in [-0.4, -0.2) is 35.1 Å². The first kappa shape index (κ1) is 29.5. The van der Waals surface area contributed by atoms with Crippen LogP contribution < -0.4 is 14.8 Å². The predicted octanol–water partition coefficient (Wildman–Crippen LogP) is 7.77. The fourth-order valence-corrected chi connectivity index (χ4v) is 5.13. The molecule has 3 aromatic carbocycles. The number of carbonyl (C=O) groups excluding carboxylic acids is 3. The number of nitrogens with zero attached hydrogens (tertiary/aromatic N) is 1. The predicted molar refractivity (Wildman–Crippen MR) is 160 cm³/mol. The molecule has 1 aliphatic rings. The Bertz CT molecular complexity index is 1440. The standard InChI is InChI=1S/C30H28Cl2N2O5S/c1-4-38-25-14-20(13-24(32)28(25)39-17-19-5-9-22(31)10-6-19)15-26-29(36)34(30(37)40-26)16-27(35)33-23-11-7-21(8-12-23)18(2)3/h5-15,18H,4,16-17H2,1-3H3,(H,33,35)/b26-15+. The summed E-state index contributed by atoms with van der Waals surface area (Å²) in [5.74, 6) is 0.103. The lowest BCUT2D eigenvalue weighted by Crippen LogP contribution is -2.36. The van der Waals surface area contributed by atoms with Gasteiger partial charge in [-0.1, -0.05) is 61.3 Å². The summed E-state index contributed by atoms with van der Waals surface area (Å²) >= 11 is 13.2. The lowest BCUT2D eigenvalue weighted by atomic mass is 10.0. The van der Waals surface area contributed by atoms with E-state index in [1.807, 2.05) is 31.2 Å². The number of thioether (sulfide) groups is 1. The van der Waals surface area contributed by atoms with Gasteiger partial charge in [0.25, 0.3) is 11.1 Å². The third-order valence-corrected chi connectivity index (χ3v) is 7.40. The van der Waals surface area contributed by atoms with Crippen LogP contribution in [0.3, 0.4) is 0 Å². The smallest absolute Gasteiger partial charge is 0.294 e. The molecule has 1 heterocycles. The van der Waals surface area contributed by atoms with Crippen LogP contribution in [0.25, 0.3) is 6.08 Å². The minimum absolute atomic E-state index is 0.174. The van der Waals surface area contributed by atoms with E-state index in [2.05, 4.69) is 19.2 Å². The molecule has 1 aliphatic heterocycles. The van der Waals surface area contributed by atoms with Crippen molar-refractivity contribution in [2.45, 2.75) is 33.3 Å². The Hall–Kier alpha value is -3.46. The van der Waals surface area contributed by atoms with Gasteiger partial charge in [-0.2, -0.15) is 0 Å². The summed E-state index contributed by atoms with van der Waals surface area (Å²) in [5, 5.41) is 3.12. The Morgan fingerprint density at radius 2 is 1.73 bits per heavy atom. The molecular weight excluding hydrogens is 571 g/mol. The Balaban J connectivity index is 1.46. The summed E-state index contributed by atoms with van der Waals surface area (Å²) < 4.78 is 11.7. The van der Waals surface area contributed by atoms with Gasteiger partial charge in [0, 0.05) is 10.7 Å². The second kappa shape index (κ2) is 13.3. The van der Waals surface area contributed by atoms with E-state index in [1.165, 1.54) is 0 Å². The summed E-state index contributed by atoms with van der Waals surface area (Å²) in [4.78, 5) is 39.3. The highest BCUT2D eigenvalue weighted by Crippen LogP contribution is 2.39. The molecule has 208 valence electrons. The molecule has 10 heteroatoms. The summed E-state index contributed by atoms with van der Waals surface area (Å²) in [7, 11) is 0. The van der Waals surface area contributed by atoms with Gasteiger partial charge >= 0.3 is 0 Å². The third kappa shape index (κ3) is 7.38. The van der Waals surface area contributed by atoms with E-state index in [0.29, 0.717) is 40.3 Å². The molecule has 3 amide bonds. The van der Waals surface area contributed by atoms with Crippen LogP contribution in [0.4, 0.5) is 10.5 Å². The topological polar surface area (TPSA) is 84.9 Å². The molecule has 0 atom stereocenters. The summed E-state index contributed by atoms with van der Waals surface area (Å²) in [6.45, 7) is 6.21. The maximum absolute atomic E-state index is 13.0. The van der Waals surface area contributed by atoms with Crippen molar-refractivity contribution in [1.29, 1.82) is 0 Å². The van der Waals surface area contributed by atoms with Crippen LogP contribution >= 0.6 is 35.0 Å². The molecule has 0 aromatic heterocycles. The molecule has 1 N–H and O–H groups in total. The number of imide groups is 1. The molecule has 3 aromatic rings. The number of carbonyl (C=O) groups is 3. The number of nitrogens with one attached hydrogen (secondary N) is 1. The number of benzene rings is 3. The molecule has 0 bridgehead atoms. The van der Waals surface area contributed by atoms with E-state index >= 15 is 0 Å². The van der Waals surface area contributed by atoms with E-state index in [9.17, 15) is 14.4 Å². The average Bonchev–Trinajstić information content (AvgIpc) is 3.16. The number of amides is 3. The Kier molecular flexibility index (Phi) is 9.79. The summed E-state index contributed by atoms with van der Waals surface area (Å²) in [5.41, 5.74) is 3.18. The van der Waals surface area contributed by atoms with Gasteiger partial charge in [0.15, 0.2) is 11.5 Å². The molecule has 7 nitrogen and oxygen atoms in total. The monoisotopic (exact) mass is 598 g/mol. The minimum atomic E-state index is -0.558. The lowest BCUT2D eigenvalue weighted by molar-refractivity contribution is -0.127. The minimum Gasteiger partial charge on any atom is -0.490 e. The number of hydrogen-bond acceptors (Lipinski definition) is 6. The maximum Gasteiger partial charge on any atom is 0.294 e. The number of hydrogen-bond donors (Lipinski definition) is 1. The Morgan fingerprint density at radius 3 is 2.38 bits per heavy atom. The van der Waals surface area contributed by atoms with E-state index in [0.717, 1.165) is 27.8 Å². The van der Waals surface area contributed by atoms with Gasteiger partial charge in [-0.25, -0.2) is 0 Å². The van der Waals surface area contributed by atoms with E-state index < -0.39 is 23.6 Å². The first-order valence-electron chi connectivity index (χ1n) is 12.6. The number of anilines is 1. The molecule has 1 fully saturated rings. The van der Waals surface area contributed by atoms with Crippen molar-refractivity contribution in [3.8, 4) is 11.5 Å². The van der Waals surface area contributed by atoms with E-state index in [4.69, 9.17) is 32.7 Å². The van der Waals surface area contributed by atoms with E-state index in [-0.39, 0.29) is 16.5 Å². The highest BCUT2D eigenvalue weighted by atomic mass is 35.5. The van der Waals surface area contributed by atoms with Crippen LogP contribution in [0.2, 0.25) is 10.0 Å². The lowest BCUT2D eigenvalue weighted by Gasteiger charge is -2.15. The SMILES string of the molecule is CCOc1cc(/C=C2/SC(=O)N(CC(=O)Nc3ccc(C(C)C)cc3)C2=O)cc(Cl)c1OCc1ccc(Cl)cc1. The van der Waals surface area contributed by atoms with Crippen LogP contribution in [0.15, 0.2) is 65.6 Å². The molecule has 0 aliphatic carbocycles. The van der Waals surface area contributed by atoms with E-state index in [1.54, 1.807) is 42.5 Å². The normalized spacial score (nSPS) is 14.2. The Morgan fingerprint density at radius 1 is 1.02 bits per heavy atom. The van der Waals surface area contributed by atoms with Crippen molar-refractivity contribution in [2.75, 3.05) is 18.5 Å². The molecule has 0 spiro atoms. The van der Waals surface area contributed by atoms with Gasteiger partial charge in [0.1, 0.15) is 13.2 Å². The van der Waals surface area contributed by atoms with Crippen molar-refractivity contribution in [2.24, 2.45) is 0 Å². The van der Waals surface area contributed by atoms with Gasteiger partial charge in [-0.3, -0.25) is 19.3 Å². The average molecular weight is 600 g/mol. The van der Waals surface area contributed by atoms with Crippen molar-refractivity contribution in [1.82, 2.24) is 4.90 Å². The number of ether oxygens (including phenoxy) is 2. The van der Waals surface area contributed by atoms with Crippen LogP contribution in [0.1, 0.15) is 43.4 Å². The highest BCUT2D eigenvalue weighted by Gasteiger charge is 2.36. The second-order valence-corrected chi connectivity index (χ2v) is 11.1. The molecule has 0 saturated carbocycles. The molecular formula is C30H28Cl2N2O5S. The van der Waals surface area contributed by atoms with Gasteiger partial charge < -0.3 is 14.8 Å². The first-order valence-corrected chi connectivity index (χ1v) is 14.2. The van der Waals surface area contributed by atoms with Crippen molar-refractivity contribution in [3.05, 3.63) is 92.3 Å². The van der Waals surface area contributed by atoms with Gasteiger partial charge in [0.05, 0.1) is 16.5 Å². The third-order valence-electron chi connectivity index (χ3n) is 5.96.